The molecular weight excluding hydrogens is 198 g/mol. The normalized spacial score (nSPS) is 9.88. The van der Waals surface area contributed by atoms with Crippen molar-refractivity contribution in [2.45, 2.75) is 13.3 Å². The standard InChI is InChI=1S/C13H19N3/c1-11-9-13(6-5-12(11)10-14)16(3)8-4-7-15-2/h5-6,9,15H,4,7-8H2,1-3H3. The number of rotatable bonds is 5. The van der Waals surface area contributed by atoms with Crippen LogP contribution in [0.5, 0.6) is 0 Å². The van der Waals surface area contributed by atoms with E-state index in [4.69, 9.17) is 5.26 Å². The third-order valence-corrected chi connectivity index (χ3v) is 2.69. The highest BCUT2D eigenvalue weighted by molar-refractivity contribution is 5.52. The fourth-order valence-corrected chi connectivity index (χ4v) is 1.63. The average molecular weight is 217 g/mol. The van der Waals surface area contributed by atoms with Crippen molar-refractivity contribution >= 4 is 5.69 Å². The topological polar surface area (TPSA) is 39.1 Å². The Kier molecular flexibility index (Phi) is 4.81. The van der Waals surface area contributed by atoms with Crippen LogP contribution in [-0.4, -0.2) is 27.2 Å². The molecule has 1 rings (SSSR count). The van der Waals surface area contributed by atoms with Gasteiger partial charge in [-0.25, -0.2) is 0 Å². The quantitative estimate of drug-likeness (QED) is 0.766. The zero-order chi connectivity index (χ0) is 12.0. The lowest BCUT2D eigenvalue weighted by Crippen LogP contribution is -2.22. The molecule has 0 radical (unpaired) electrons. The van der Waals surface area contributed by atoms with Gasteiger partial charge in [-0.05, 0) is 50.7 Å². The lowest BCUT2D eigenvalue weighted by atomic mass is 10.1. The molecule has 0 aliphatic heterocycles. The van der Waals surface area contributed by atoms with Crippen LogP contribution in [0, 0.1) is 18.3 Å². The molecule has 0 atom stereocenters. The number of aryl methyl sites for hydroxylation is 1. The van der Waals surface area contributed by atoms with Gasteiger partial charge in [0.1, 0.15) is 0 Å². The van der Waals surface area contributed by atoms with Gasteiger partial charge >= 0.3 is 0 Å². The molecule has 0 aromatic heterocycles. The smallest absolute Gasteiger partial charge is 0.0994 e. The predicted octanol–water partition coefficient (Wildman–Crippen LogP) is 1.91. The molecule has 0 spiro atoms. The van der Waals surface area contributed by atoms with Crippen molar-refractivity contribution in [3.8, 4) is 6.07 Å². The van der Waals surface area contributed by atoms with Crippen LogP contribution in [0.25, 0.3) is 0 Å². The summed E-state index contributed by atoms with van der Waals surface area (Å²) in [4.78, 5) is 2.21. The van der Waals surface area contributed by atoms with Gasteiger partial charge in [-0.15, -0.1) is 0 Å². The highest BCUT2D eigenvalue weighted by atomic mass is 15.1. The molecule has 1 aromatic rings. The van der Waals surface area contributed by atoms with Gasteiger partial charge in [0.25, 0.3) is 0 Å². The minimum absolute atomic E-state index is 0.757. The second-order valence-electron chi connectivity index (χ2n) is 3.99. The average Bonchev–Trinajstić information content (AvgIpc) is 2.29. The van der Waals surface area contributed by atoms with Gasteiger partial charge in [0.15, 0.2) is 0 Å². The Labute approximate surface area is 97.7 Å². The molecule has 0 saturated heterocycles. The first-order valence-corrected chi connectivity index (χ1v) is 5.55. The number of hydrogen-bond donors (Lipinski definition) is 1. The van der Waals surface area contributed by atoms with Crippen molar-refractivity contribution in [3.63, 3.8) is 0 Å². The summed E-state index contributed by atoms with van der Waals surface area (Å²) in [6.45, 7) is 4.02. The zero-order valence-electron chi connectivity index (χ0n) is 10.2. The molecule has 86 valence electrons. The fraction of sp³-hybridized carbons (Fsp3) is 0.462. The van der Waals surface area contributed by atoms with Gasteiger partial charge in [-0.3, -0.25) is 0 Å². The minimum atomic E-state index is 0.757. The number of hydrogen-bond acceptors (Lipinski definition) is 3. The first kappa shape index (κ1) is 12.5. The van der Waals surface area contributed by atoms with E-state index in [0.29, 0.717) is 0 Å². The number of nitriles is 1. The lowest BCUT2D eigenvalue weighted by Gasteiger charge is -2.19. The van der Waals surface area contributed by atoms with Crippen LogP contribution in [0.15, 0.2) is 18.2 Å². The van der Waals surface area contributed by atoms with E-state index in [9.17, 15) is 0 Å². The Bertz CT molecular complexity index is 379. The second-order valence-corrected chi connectivity index (χ2v) is 3.99. The van der Waals surface area contributed by atoms with Crippen molar-refractivity contribution in [1.82, 2.24) is 5.32 Å². The van der Waals surface area contributed by atoms with E-state index < -0.39 is 0 Å². The third kappa shape index (κ3) is 3.25. The summed E-state index contributed by atoms with van der Waals surface area (Å²) in [7, 11) is 4.04. The number of nitrogens with zero attached hydrogens (tertiary/aromatic N) is 2. The summed E-state index contributed by atoms with van der Waals surface area (Å²) in [5.41, 5.74) is 2.97. The molecule has 0 aliphatic rings. The monoisotopic (exact) mass is 217 g/mol. The molecule has 0 fully saturated rings. The molecule has 3 nitrogen and oxygen atoms in total. The molecule has 3 heteroatoms. The van der Waals surface area contributed by atoms with Gasteiger partial charge in [-0.2, -0.15) is 5.26 Å². The second kappa shape index (κ2) is 6.14. The van der Waals surface area contributed by atoms with E-state index in [-0.39, 0.29) is 0 Å². The highest BCUT2D eigenvalue weighted by Crippen LogP contribution is 2.17. The van der Waals surface area contributed by atoms with E-state index >= 15 is 0 Å². The van der Waals surface area contributed by atoms with Crippen LogP contribution in [0.2, 0.25) is 0 Å². The van der Waals surface area contributed by atoms with Crippen molar-refractivity contribution in [1.29, 1.82) is 5.26 Å². The van der Waals surface area contributed by atoms with Gasteiger partial charge in [-0.1, -0.05) is 0 Å². The molecule has 0 amide bonds. The molecule has 1 N–H and O–H groups in total. The van der Waals surface area contributed by atoms with Gasteiger partial charge in [0, 0.05) is 19.3 Å². The van der Waals surface area contributed by atoms with Crippen molar-refractivity contribution in [2.75, 3.05) is 32.1 Å². The summed E-state index contributed by atoms with van der Waals surface area (Å²) in [5.74, 6) is 0. The van der Waals surface area contributed by atoms with Crippen LogP contribution in [0.4, 0.5) is 5.69 Å². The molecular formula is C13H19N3. The third-order valence-electron chi connectivity index (χ3n) is 2.69. The van der Waals surface area contributed by atoms with E-state index in [1.54, 1.807) is 0 Å². The van der Waals surface area contributed by atoms with E-state index in [2.05, 4.69) is 29.4 Å². The van der Waals surface area contributed by atoms with Crippen molar-refractivity contribution < 1.29 is 0 Å². The Hall–Kier alpha value is -1.53. The molecule has 0 heterocycles. The molecule has 1 aromatic carbocycles. The summed E-state index contributed by atoms with van der Waals surface area (Å²) < 4.78 is 0. The zero-order valence-corrected chi connectivity index (χ0v) is 10.2. The van der Waals surface area contributed by atoms with Gasteiger partial charge in [0.05, 0.1) is 11.6 Å². The lowest BCUT2D eigenvalue weighted by molar-refractivity contribution is 0.713. The van der Waals surface area contributed by atoms with Gasteiger partial charge < -0.3 is 10.2 Å². The molecule has 16 heavy (non-hydrogen) atoms. The Morgan fingerprint density at radius 3 is 2.75 bits per heavy atom. The first-order chi connectivity index (χ1) is 7.69. The maximum atomic E-state index is 8.85. The highest BCUT2D eigenvalue weighted by Gasteiger charge is 2.03. The van der Waals surface area contributed by atoms with Crippen molar-refractivity contribution in [3.05, 3.63) is 29.3 Å². The van der Waals surface area contributed by atoms with Crippen LogP contribution in [-0.2, 0) is 0 Å². The number of benzene rings is 1. The maximum Gasteiger partial charge on any atom is 0.0994 e. The van der Waals surface area contributed by atoms with Gasteiger partial charge in [0.2, 0.25) is 0 Å². The molecule has 0 bridgehead atoms. The fourth-order valence-electron chi connectivity index (χ4n) is 1.63. The van der Waals surface area contributed by atoms with E-state index in [1.807, 2.05) is 26.1 Å². The van der Waals surface area contributed by atoms with Crippen LogP contribution in [0.3, 0.4) is 0 Å². The van der Waals surface area contributed by atoms with Crippen LogP contribution < -0.4 is 10.2 Å². The van der Waals surface area contributed by atoms with Crippen molar-refractivity contribution in [2.24, 2.45) is 0 Å². The first-order valence-electron chi connectivity index (χ1n) is 5.55. The van der Waals surface area contributed by atoms with Crippen LogP contribution >= 0.6 is 0 Å². The van der Waals surface area contributed by atoms with E-state index in [0.717, 1.165) is 30.6 Å². The minimum Gasteiger partial charge on any atom is -0.375 e. The summed E-state index contributed by atoms with van der Waals surface area (Å²) in [5, 5.41) is 12.0. The Balaban J connectivity index is 2.66. The van der Waals surface area contributed by atoms with E-state index in [1.165, 1.54) is 5.69 Å². The maximum absolute atomic E-state index is 8.85. The Morgan fingerprint density at radius 1 is 1.44 bits per heavy atom. The SMILES string of the molecule is CNCCCN(C)c1ccc(C#N)c(C)c1. The van der Waals surface area contributed by atoms with Crippen LogP contribution in [0.1, 0.15) is 17.5 Å². The largest absolute Gasteiger partial charge is 0.375 e. The summed E-state index contributed by atoms with van der Waals surface area (Å²) in [6.07, 6.45) is 1.12. The summed E-state index contributed by atoms with van der Waals surface area (Å²) in [6, 6.07) is 8.15. The predicted molar refractivity (Wildman–Crippen MR) is 67.7 cm³/mol. The molecule has 0 unspecified atom stereocenters. The summed E-state index contributed by atoms with van der Waals surface area (Å²) >= 11 is 0. The Morgan fingerprint density at radius 2 is 2.19 bits per heavy atom. The molecule has 0 saturated carbocycles. The number of nitrogens with one attached hydrogen (secondary N) is 1. The number of anilines is 1. The molecule has 0 aliphatic carbocycles.